The highest BCUT2D eigenvalue weighted by Crippen LogP contribution is 2.16. The molecule has 0 aromatic rings. The SMILES string of the molecule is CC(C)=C(C)CC[C@H](C)CC(=O)O. The summed E-state index contributed by atoms with van der Waals surface area (Å²) >= 11 is 0. The Balaban J connectivity index is 3.77. The first-order chi connectivity index (χ1) is 5.93. The highest BCUT2D eigenvalue weighted by molar-refractivity contribution is 5.66. The van der Waals surface area contributed by atoms with Crippen LogP contribution in [0.2, 0.25) is 0 Å². The lowest BCUT2D eigenvalue weighted by Crippen LogP contribution is -2.04. The molecule has 1 atom stereocenters. The van der Waals surface area contributed by atoms with Gasteiger partial charge in [-0.3, -0.25) is 4.79 Å². The maximum Gasteiger partial charge on any atom is 0.303 e. The maximum atomic E-state index is 10.4. The third kappa shape index (κ3) is 6.38. The summed E-state index contributed by atoms with van der Waals surface area (Å²) in [5.41, 5.74) is 2.74. The molecule has 13 heavy (non-hydrogen) atoms. The van der Waals surface area contributed by atoms with E-state index in [-0.39, 0.29) is 12.3 Å². The Morgan fingerprint density at radius 1 is 1.31 bits per heavy atom. The van der Waals surface area contributed by atoms with E-state index in [4.69, 9.17) is 5.11 Å². The molecule has 0 fully saturated rings. The monoisotopic (exact) mass is 184 g/mol. The van der Waals surface area contributed by atoms with Crippen molar-refractivity contribution in [3.63, 3.8) is 0 Å². The zero-order chi connectivity index (χ0) is 10.4. The van der Waals surface area contributed by atoms with Gasteiger partial charge in [0.15, 0.2) is 0 Å². The molecule has 1 N–H and O–H groups in total. The summed E-state index contributed by atoms with van der Waals surface area (Å²) in [5, 5.41) is 8.55. The number of hydrogen-bond donors (Lipinski definition) is 1. The van der Waals surface area contributed by atoms with Gasteiger partial charge in [-0.05, 0) is 39.5 Å². The van der Waals surface area contributed by atoms with E-state index in [9.17, 15) is 4.79 Å². The van der Waals surface area contributed by atoms with Gasteiger partial charge >= 0.3 is 5.97 Å². The van der Waals surface area contributed by atoms with Crippen LogP contribution in [-0.2, 0) is 4.79 Å². The smallest absolute Gasteiger partial charge is 0.303 e. The van der Waals surface area contributed by atoms with Gasteiger partial charge in [0.05, 0.1) is 0 Å². The molecule has 0 aliphatic heterocycles. The Morgan fingerprint density at radius 2 is 1.85 bits per heavy atom. The number of carboxylic acids is 1. The van der Waals surface area contributed by atoms with Gasteiger partial charge < -0.3 is 5.11 Å². The van der Waals surface area contributed by atoms with E-state index in [1.807, 2.05) is 6.92 Å². The van der Waals surface area contributed by atoms with Gasteiger partial charge in [0.1, 0.15) is 0 Å². The molecule has 0 radical (unpaired) electrons. The van der Waals surface area contributed by atoms with Crippen LogP contribution in [0.25, 0.3) is 0 Å². The number of hydrogen-bond acceptors (Lipinski definition) is 1. The summed E-state index contributed by atoms with van der Waals surface area (Å²) in [6, 6.07) is 0. The molecule has 0 saturated heterocycles. The molecule has 76 valence electrons. The van der Waals surface area contributed by atoms with Crippen LogP contribution in [0, 0.1) is 5.92 Å². The molecule has 0 aromatic heterocycles. The van der Waals surface area contributed by atoms with E-state index in [1.165, 1.54) is 11.1 Å². The van der Waals surface area contributed by atoms with Gasteiger partial charge in [-0.25, -0.2) is 0 Å². The average molecular weight is 184 g/mol. The van der Waals surface area contributed by atoms with Crippen molar-refractivity contribution in [3.8, 4) is 0 Å². The van der Waals surface area contributed by atoms with Crippen LogP contribution in [0.5, 0.6) is 0 Å². The number of carboxylic acid groups (broad SMARTS) is 1. The Kier molecular flexibility index (Phi) is 5.44. The molecule has 2 nitrogen and oxygen atoms in total. The van der Waals surface area contributed by atoms with Crippen molar-refractivity contribution in [2.45, 2.75) is 47.0 Å². The number of aliphatic carboxylic acids is 1. The highest BCUT2D eigenvalue weighted by Gasteiger charge is 2.07. The van der Waals surface area contributed by atoms with Crippen molar-refractivity contribution in [2.24, 2.45) is 5.92 Å². The predicted molar refractivity (Wildman–Crippen MR) is 54.7 cm³/mol. The second-order valence-corrected chi connectivity index (χ2v) is 4.02. The van der Waals surface area contributed by atoms with Crippen LogP contribution < -0.4 is 0 Å². The summed E-state index contributed by atoms with van der Waals surface area (Å²) in [4.78, 5) is 10.4. The lowest BCUT2D eigenvalue weighted by molar-refractivity contribution is -0.138. The van der Waals surface area contributed by atoms with E-state index in [0.717, 1.165) is 12.8 Å². The summed E-state index contributed by atoms with van der Waals surface area (Å²) in [5.74, 6) is -0.408. The largest absolute Gasteiger partial charge is 0.481 e. The standard InChI is InChI=1S/C11H20O2/c1-8(2)10(4)6-5-9(3)7-11(12)13/h9H,5-7H2,1-4H3,(H,12,13)/t9-/m0/s1. The van der Waals surface area contributed by atoms with Crippen LogP contribution in [0.15, 0.2) is 11.1 Å². The van der Waals surface area contributed by atoms with Crippen LogP contribution in [0.4, 0.5) is 0 Å². The average Bonchev–Trinajstić information content (AvgIpc) is 1.98. The quantitative estimate of drug-likeness (QED) is 0.666. The second kappa shape index (κ2) is 5.79. The fraction of sp³-hybridized carbons (Fsp3) is 0.727. The molecule has 0 amide bonds. The minimum Gasteiger partial charge on any atom is -0.481 e. The van der Waals surface area contributed by atoms with E-state index in [1.54, 1.807) is 0 Å². The van der Waals surface area contributed by atoms with Gasteiger partial charge in [-0.15, -0.1) is 0 Å². The first-order valence-corrected chi connectivity index (χ1v) is 4.78. The molecule has 2 heteroatoms. The zero-order valence-corrected chi connectivity index (χ0v) is 9.05. The fourth-order valence-electron chi connectivity index (χ4n) is 1.11. The fourth-order valence-corrected chi connectivity index (χ4v) is 1.11. The van der Waals surface area contributed by atoms with Crippen LogP contribution in [-0.4, -0.2) is 11.1 Å². The normalized spacial score (nSPS) is 12.3. The topological polar surface area (TPSA) is 37.3 Å². The van der Waals surface area contributed by atoms with Crippen LogP contribution >= 0.6 is 0 Å². The first-order valence-electron chi connectivity index (χ1n) is 4.78. The van der Waals surface area contributed by atoms with Gasteiger partial charge in [-0.1, -0.05) is 18.1 Å². The van der Waals surface area contributed by atoms with Crippen LogP contribution in [0.1, 0.15) is 47.0 Å². The lowest BCUT2D eigenvalue weighted by Gasteiger charge is -2.09. The van der Waals surface area contributed by atoms with Crippen molar-refractivity contribution in [1.82, 2.24) is 0 Å². The zero-order valence-electron chi connectivity index (χ0n) is 9.05. The number of rotatable bonds is 5. The van der Waals surface area contributed by atoms with Crippen molar-refractivity contribution >= 4 is 5.97 Å². The summed E-state index contributed by atoms with van der Waals surface area (Å²) in [7, 11) is 0. The molecule has 0 unspecified atom stereocenters. The highest BCUT2D eigenvalue weighted by atomic mass is 16.4. The van der Waals surface area contributed by atoms with Gasteiger partial charge in [0.25, 0.3) is 0 Å². The first kappa shape index (κ1) is 12.2. The van der Waals surface area contributed by atoms with Crippen LogP contribution in [0.3, 0.4) is 0 Å². The minimum absolute atomic E-state index is 0.284. The molecule has 0 saturated carbocycles. The summed E-state index contributed by atoms with van der Waals surface area (Å²) in [6.07, 6.45) is 2.29. The molecule has 0 bridgehead atoms. The molecule has 0 aliphatic carbocycles. The van der Waals surface area contributed by atoms with Crippen molar-refractivity contribution in [3.05, 3.63) is 11.1 Å². The third-order valence-corrected chi connectivity index (χ3v) is 2.39. The Morgan fingerprint density at radius 3 is 2.23 bits per heavy atom. The van der Waals surface area contributed by atoms with Gasteiger partial charge in [0, 0.05) is 6.42 Å². The van der Waals surface area contributed by atoms with E-state index < -0.39 is 5.97 Å². The molecule has 0 rings (SSSR count). The summed E-state index contributed by atoms with van der Waals surface area (Å²) in [6.45, 7) is 8.30. The predicted octanol–water partition coefficient (Wildman–Crippen LogP) is 3.23. The minimum atomic E-state index is -0.692. The molecule has 0 heterocycles. The Bertz CT molecular complexity index is 200. The Labute approximate surface area is 80.7 Å². The van der Waals surface area contributed by atoms with E-state index in [2.05, 4.69) is 20.8 Å². The van der Waals surface area contributed by atoms with E-state index in [0.29, 0.717) is 0 Å². The van der Waals surface area contributed by atoms with Gasteiger partial charge in [0.2, 0.25) is 0 Å². The second-order valence-electron chi connectivity index (χ2n) is 4.02. The van der Waals surface area contributed by atoms with Gasteiger partial charge in [-0.2, -0.15) is 0 Å². The summed E-state index contributed by atoms with van der Waals surface area (Å²) < 4.78 is 0. The lowest BCUT2D eigenvalue weighted by atomic mass is 9.97. The van der Waals surface area contributed by atoms with E-state index >= 15 is 0 Å². The number of allylic oxidation sites excluding steroid dienone is 2. The van der Waals surface area contributed by atoms with Crippen molar-refractivity contribution in [2.75, 3.05) is 0 Å². The molecule has 0 aliphatic rings. The van der Waals surface area contributed by atoms with Crippen molar-refractivity contribution < 1.29 is 9.90 Å². The number of carbonyl (C=O) groups is 1. The maximum absolute atomic E-state index is 10.4. The molecule has 0 aromatic carbocycles. The van der Waals surface area contributed by atoms with Crippen molar-refractivity contribution in [1.29, 1.82) is 0 Å². The Hall–Kier alpha value is -0.790. The molecule has 0 spiro atoms. The molecular weight excluding hydrogens is 164 g/mol. The molecular formula is C11H20O2. The third-order valence-electron chi connectivity index (χ3n) is 2.39.